The van der Waals surface area contributed by atoms with Crippen molar-refractivity contribution in [1.82, 2.24) is 5.48 Å². The summed E-state index contributed by atoms with van der Waals surface area (Å²) >= 11 is 11.9. The Morgan fingerprint density at radius 3 is 2.27 bits per heavy atom. The highest BCUT2D eigenvalue weighted by molar-refractivity contribution is 6.37. The number of hydroxylamine groups is 1. The quantitative estimate of drug-likeness (QED) is 0.516. The molecule has 1 rings (SSSR count). The summed E-state index contributed by atoms with van der Waals surface area (Å²) in [5, 5.41) is 9.93. The SMILES string of the molecule is C=C(NOCCCCOc1c(Cl)cc(O)cc1Cl)C(C)(C)C. The van der Waals surface area contributed by atoms with Crippen LogP contribution in [-0.2, 0) is 4.84 Å². The molecule has 124 valence electrons. The van der Waals surface area contributed by atoms with E-state index in [9.17, 15) is 5.11 Å². The average Bonchev–Trinajstić information content (AvgIpc) is 2.38. The molecular weight excluding hydrogens is 325 g/mol. The van der Waals surface area contributed by atoms with Gasteiger partial charge in [0.2, 0.25) is 0 Å². The molecule has 1 aromatic carbocycles. The summed E-state index contributed by atoms with van der Waals surface area (Å²) in [6.07, 6.45) is 1.61. The Labute approximate surface area is 142 Å². The number of aromatic hydroxyl groups is 1. The number of hydrogen-bond donors (Lipinski definition) is 2. The molecule has 0 saturated heterocycles. The van der Waals surface area contributed by atoms with Crippen molar-refractivity contribution in [2.75, 3.05) is 13.2 Å². The first kappa shape index (κ1) is 18.9. The Hall–Kier alpha value is -1.10. The fourth-order valence-electron chi connectivity index (χ4n) is 1.43. The summed E-state index contributed by atoms with van der Waals surface area (Å²) in [4.78, 5) is 5.35. The lowest BCUT2D eigenvalue weighted by atomic mass is 9.94. The molecule has 0 amide bonds. The van der Waals surface area contributed by atoms with E-state index in [1.807, 2.05) is 0 Å². The number of rotatable bonds is 8. The number of phenols is 1. The smallest absolute Gasteiger partial charge is 0.156 e. The Balaban J connectivity index is 2.20. The van der Waals surface area contributed by atoms with Gasteiger partial charge in [-0.1, -0.05) is 50.6 Å². The van der Waals surface area contributed by atoms with Crippen molar-refractivity contribution in [3.8, 4) is 11.5 Å². The van der Waals surface area contributed by atoms with Crippen LogP contribution >= 0.6 is 23.2 Å². The van der Waals surface area contributed by atoms with E-state index in [0.717, 1.165) is 18.5 Å². The van der Waals surface area contributed by atoms with Crippen LogP contribution in [0.15, 0.2) is 24.4 Å². The molecule has 0 heterocycles. The van der Waals surface area contributed by atoms with Crippen LogP contribution in [0, 0.1) is 5.41 Å². The third kappa shape index (κ3) is 6.34. The molecule has 0 radical (unpaired) electrons. The van der Waals surface area contributed by atoms with Crippen LogP contribution in [0.5, 0.6) is 11.5 Å². The molecule has 0 fully saturated rings. The van der Waals surface area contributed by atoms with E-state index in [0.29, 0.717) is 29.0 Å². The van der Waals surface area contributed by atoms with Crippen LogP contribution in [-0.4, -0.2) is 18.3 Å². The number of nitrogens with one attached hydrogen (secondary N) is 1. The molecule has 1 aromatic rings. The Morgan fingerprint density at radius 2 is 1.73 bits per heavy atom. The molecule has 0 unspecified atom stereocenters. The van der Waals surface area contributed by atoms with Gasteiger partial charge in [0.05, 0.1) is 23.3 Å². The van der Waals surface area contributed by atoms with Crippen LogP contribution in [0.4, 0.5) is 0 Å². The molecule has 4 nitrogen and oxygen atoms in total. The van der Waals surface area contributed by atoms with Gasteiger partial charge in [-0.05, 0) is 12.8 Å². The highest BCUT2D eigenvalue weighted by Gasteiger charge is 2.14. The van der Waals surface area contributed by atoms with Gasteiger partial charge >= 0.3 is 0 Å². The van der Waals surface area contributed by atoms with E-state index in [1.54, 1.807) is 0 Å². The van der Waals surface area contributed by atoms with E-state index in [2.05, 4.69) is 32.8 Å². The molecule has 0 aliphatic heterocycles. The third-order valence-electron chi connectivity index (χ3n) is 2.97. The Morgan fingerprint density at radius 1 is 1.18 bits per heavy atom. The van der Waals surface area contributed by atoms with Gasteiger partial charge in [0.15, 0.2) is 5.75 Å². The average molecular weight is 348 g/mol. The maximum Gasteiger partial charge on any atom is 0.156 e. The monoisotopic (exact) mass is 347 g/mol. The van der Waals surface area contributed by atoms with Crippen LogP contribution < -0.4 is 10.2 Å². The lowest BCUT2D eigenvalue weighted by Crippen LogP contribution is -2.24. The molecule has 0 aliphatic rings. The second-order valence-electron chi connectivity index (χ2n) is 5.97. The minimum absolute atomic E-state index is 0.0147. The van der Waals surface area contributed by atoms with Gasteiger partial charge in [0, 0.05) is 23.2 Å². The van der Waals surface area contributed by atoms with Gasteiger partial charge in [0.25, 0.3) is 0 Å². The van der Waals surface area contributed by atoms with Crippen molar-refractivity contribution in [1.29, 1.82) is 0 Å². The second kappa shape index (κ2) is 8.51. The Bertz CT molecular complexity index is 490. The first-order chi connectivity index (χ1) is 10.2. The van der Waals surface area contributed by atoms with Gasteiger partial charge in [-0.3, -0.25) is 10.3 Å². The van der Waals surface area contributed by atoms with E-state index >= 15 is 0 Å². The van der Waals surface area contributed by atoms with Crippen molar-refractivity contribution >= 4 is 23.2 Å². The van der Waals surface area contributed by atoms with Gasteiger partial charge in [-0.15, -0.1) is 0 Å². The zero-order valence-electron chi connectivity index (χ0n) is 13.2. The summed E-state index contributed by atoms with van der Waals surface area (Å²) in [6.45, 7) is 11.1. The molecule has 22 heavy (non-hydrogen) atoms. The maximum atomic E-state index is 9.33. The summed E-state index contributed by atoms with van der Waals surface area (Å²) in [7, 11) is 0. The highest BCUT2D eigenvalue weighted by Crippen LogP contribution is 2.36. The van der Waals surface area contributed by atoms with Crippen molar-refractivity contribution in [2.45, 2.75) is 33.6 Å². The molecule has 2 N–H and O–H groups in total. The van der Waals surface area contributed by atoms with Gasteiger partial charge < -0.3 is 9.84 Å². The topological polar surface area (TPSA) is 50.7 Å². The first-order valence-electron chi connectivity index (χ1n) is 7.10. The molecule has 6 heteroatoms. The van der Waals surface area contributed by atoms with Gasteiger partial charge in [-0.2, -0.15) is 0 Å². The van der Waals surface area contributed by atoms with Crippen molar-refractivity contribution in [3.63, 3.8) is 0 Å². The van der Waals surface area contributed by atoms with Crippen LogP contribution in [0.3, 0.4) is 0 Å². The normalized spacial score (nSPS) is 11.3. The standard InChI is InChI=1S/C16H23Cl2NO3/c1-11(16(2,3)4)19-22-8-6-5-7-21-15-13(17)9-12(20)10-14(15)18/h9-10,19-20H,1,5-8H2,2-4H3. The van der Waals surface area contributed by atoms with Crippen molar-refractivity contribution in [3.05, 3.63) is 34.5 Å². The lowest BCUT2D eigenvalue weighted by molar-refractivity contribution is 0.0464. The third-order valence-corrected chi connectivity index (χ3v) is 3.53. The number of allylic oxidation sites excluding steroid dienone is 1. The Kier molecular flexibility index (Phi) is 7.33. The second-order valence-corrected chi connectivity index (χ2v) is 6.79. The lowest BCUT2D eigenvalue weighted by Gasteiger charge is -2.22. The first-order valence-corrected chi connectivity index (χ1v) is 7.85. The van der Waals surface area contributed by atoms with Crippen molar-refractivity contribution < 1.29 is 14.7 Å². The number of benzene rings is 1. The summed E-state index contributed by atoms with van der Waals surface area (Å²) in [5.41, 5.74) is 3.66. The highest BCUT2D eigenvalue weighted by atomic mass is 35.5. The zero-order chi connectivity index (χ0) is 16.8. The number of unbranched alkanes of at least 4 members (excludes halogenated alkanes) is 1. The molecule has 0 saturated carbocycles. The van der Waals surface area contributed by atoms with Crippen LogP contribution in [0.2, 0.25) is 10.0 Å². The zero-order valence-corrected chi connectivity index (χ0v) is 14.7. The van der Waals surface area contributed by atoms with E-state index in [1.165, 1.54) is 12.1 Å². The minimum Gasteiger partial charge on any atom is -0.508 e. The predicted molar refractivity (Wildman–Crippen MR) is 90.5 cm³/mol. The maximum absolute atomic E-state index is 9.33. The number of halogens is 2. The minimum atomic E-state index is -0.0323. The molecule has 0 aliphatic carbocycles. The summed E-state index contributed by atoms with van der Waals surface area (Å²) in [6, 6.07) is 2.79. The molecule has 0 aromatic heterocycles. The fourth-order valence-corrected chi connectivity index (χ4v) is 2.01. The molecule has 0 bridgehead atoms. The molecule has 0 atom stereocenters. The summed E-state index contributed by atoms with van der Waals surface area (Å²) in [5.74, 6) is 0.405. The fraction of sp³-hybridized carbons (Fsp3) is 0.500. The molecule has 0 spiro atoms. The number of phenolic OH excluding ortho intramolecular Hbond substituents is 1. The van der Waals surface area contributed by atoms with E-state index < -0.39 is 0 Å². The van der Waals surface area contributed by atoms with Crippen molar-refractivity contribution in [2.24, 2.45) is 5.41 Å². The number of hydrogen-bond acceptors (Lipinski definition) is 4. The van der Waals surface area contributed by atoms with Gasteiger partial charge in [-0.25, -0.2) is 0 Å². The predicted octanol–water partition coefficient (Wildman–Crippen LogP) is 4.94. The van der Waals surface area contributed by atoms with Gasteiger partial charge in [0.1, 0.15) is 5.75 Å². The van der Waals surface area contributed by atoms with E-state index in [-0.39, 0.29) is 11.2 Å². The van der Waals surface area contributed by atoms with E-state index in [4.69, 9.17) is 32.8 Å². The number of ether oxygens (including phenoxy) is 1. The van der Waals surface area contributed by atoms with Crippen LogP contribution in [0.1, 0.15) is 33.6 Å². The summed E-state index contributed by atoms with van der Waals surface area (Å²) < 4.78 is 5.54. The molecular formula is C16H23Cl2NO3. The van der Waals surface area contributed by atoms with Crippen LogP contribution in [0.25, 0.3) is 0 Å². The largest absolute Gasteiger partial charge is 0.508 e.